The Hall–Kier alpha value is -4.47. The maximum atomic E-state index is 12.8. The molecule has 1 aromatic carbocycles. The largest absolute Gasteiger partial charge is 0.369 e. The maximum absolute atomic E-state index is 12.8. The zero-order valence-corrected chi connectivity index (χ0v) is 28.3. The second-order valence-corrected chi connectivity index (χ2v) is 18.2. The Bertz CT molecular complexity index is 1650. The average molecular weight is 625 g/mol. The van der Waals surface area contributed by atoms with E-state index in [0.29, 0.717) is 40.0 Å². The summed E-state index contributed by atoms with van der Waals surface area (Å²) in [4.78, 5) is 38.5. The van der Waals surface area contributed by atoms with Gasteiger partial charge in [-0.05, 0) is 54.0 Å². The van der Waals surface area contributed by atoms with Crippen molar-refractivity contribution < 1.29 is 4.79 Å². The summed E-state index contributed by atoms with van der Waals surface area (Å²) in [6.07, 6.45) is 4.96. The smallest absolute Gasteiger partial charge is 0.327 e. The summed E-state index contributed by atoms with van der Waals surface area (Å²) in [7, 11) is 0.132. The van der Waals surface area contributed by atoms with Crippen molar-refractivity contribution >= 4 is 54.2 Å². The molecule has 4 aromatic rings. The summed E-state index contributed by atoms with van der Waals surface area (Å²) in [6.45, 7) is 17.9. The predicted molar refractivity (Wildman–Crippen MR) is 186 cm³/mol. The standard InChI is InChI=1S/C33H44N10OSi/c1-22(2)45(23(3)4,24(5)6)19-12-25-20-29(39-33(44)41-31-34-13-14-35-31)38-30-28(25)21-36-32(40-30)37-26-8-10-27(11-9-26)43-17-15-42(7)16-18-43/h8-11,13-14,20-24H,15-18H2,1-7H3,(H4,34,35,36,37,38,39,40,41,44). The number of urea groups is 1. The molecule has 0 radical (unpaired) electrons. The Kier molecular flexibility index (Phi) is 9.70. The van der Waals surface area contributed by atoms with Crippen LogP contribution in [0.3, 0.4) is 0 Å². The van der Waals surface area contributed by atoms with Gasteiger partial charge in [0, 0.05) is 61.7 Å². The van der Waals surface area contributed by atoms with Gasteiger partial charge in [-0.2, -0.15) is 4.98 Å². The van der Waals surface area contributed by atoms with Crippen molar-refractivity contribution in [1.82, 2.24) is 29.8 Å². The number of hydrogen-bond acceptors (Lipinski definition) is 8. The molecule has 45 heavy (non-hydrogen) atoms. The van der Waals surface area contributed by atoms with E-state index in [9.17, 15) is 4.79 Å². The Morgan fingerprint density at radius 3 is 2.24 bits per heavy atom. The van der Waals surface area contributed by atoms with Gasteiger partial charge >= 0.3 is 6.03 Å². The lowest BCUT2D eigenvalue weighted by molar-refractivity contribution is 0.262. The van der Waals surface area contributed by atoms with Crippen molar-refractivity contribution in [2.24, 2.45) is 0 Å². The number of nitrogens with one attached hydrogen (secondary N) is 4. The minimum atomic E-state index is -2.03. The van der Waals surface area contributed by atoms with E-state index < -0.39 is 14.1 Å². The van der Waals surface area contributed by atoms with Crippen molar-refractivity contribution in [2.75, 3.05) is 54.1 Å². The first kappa shape index (κ1) is 31.9. The highest BCUT2D eigenvalue weighted by molar-refractivity contribution is 6.90. The molecule has 5 rings (SSSR count). The number of rotatable bonds is 8. The molecule has 0 atom stereocenters. The molecule has 0 aliphatic carbocycles. The molecular weight excluding hydrogens is 581 g/mol. The molecule has 1 saturated heterocycles. The third-order valence-electron chi connectivity index (χ3n) is 8.81. The number of aromatic amines is 1. The van der Waals surface area contributed by atoms with Gasteiger partial charge < -0.3 is 20.1 Å². The average Bonchev–Trinajstić information content (AvgIpc) is 3.50. The van der Waals surface area contributed by atoms with E-state index in [1.54, 1.807) is 24.7 Å². The number of imidazole rings is 1. The fraction of sp³-hybridized carbons (Fsp3) is 0.424. The van der Waals surface area contributed by atoms with Crippen LogP contribution in [0.15, 0.2) is 48.9 Å². The normalized spacial score (nSPS) is 14.1. The molecule has 236 valence electrons. The van der Waals surface area contributed by atoms with Crippen LogP contribution in [0.2, 0.25) is 16.6 Å². The molecule has 11 nitrogen and oxygen atoms in total. The third kappa shape index (κ3) is 7.27. The summed E-state index contributed by atoms with van der Waals surface area (Å²) < 4.78 is 0. The maximum Gasteiger partial charge on any atom is 0.327 e. The molecule has 4 N–H and O–H groups in total. The van der Waals surface area contributed by atoms with Gasteiger partial charge in [0.2, 0.25) is 11.9 Å². The van der Waals surface area contributed by atoms with Gasteiger partial charge in [0.05, 0.1) is 5.39 Å². The molecule has 4 heterocycles. The van der Waals surface area contributed by atoms with Crippen LogP contribution in [0.5, 0.6) is 0 Å². The van der Waals surface area contributed by atoms with E-state index in [2.05, 4.69) is 118 Å². The van der Waals surface area contributed by atoms with Crippen LogP contribution >= 0.6 is 0 Å². The van der Waals surface area contributed by atoms with Crippen LogP contribution in [-0.2, 0) is 0 Å². The van der Waals surface area contributed by atoms with E-state index in [0.717, 1.165) is 42.8 Å². The number of nitrogens with zero attached hydrogens (tertiary/aromatic N) is 6. The molecular formula is C33H44N10OSi. The van der Waals surface area contributed by atoms with Gasteiger partial charge in [-0.3, -0.25) is 10.6 Å². The molecule has 2 amide bonds. The fourth-order valence-electron chi connectivity index (χ4n) is 6.38. The van der Waals surface area contributed by atoms with Crippen LogP contribution < -0.4 is 20.9 Å². The number of likely N-dealkylation sites (N-methyl/N-ethyl adjacent to an activating group) is 1. The quantitative estimate of drug-likeness (QED) is 0.130. The summed E-state index contributed by atoms with van der Waals surface area (Å²) >= 11 is 0. The number of H-pyrrole nitrogens is 1. The number of fused-ring (bicyclic) bond motifs is 1. The van der Waals surface area contributed by atoms with Crippen LogP contribution in [0.4, 0.5) is 33.9 Å². The molecule has 12 heteroatoms. The van der Waals surface area contributed by atoms with Gasteiger partial charge in [0.25, 0.3) is 0 Å². The van der Waals surface area contributed by atoms with Gasteiger partial charge in [-0.1, -0.05) is 47.5 Å². The Balaban J connectivity index is 1.47. The van der Waals surface area contributed by atoms with E-state index in [4.69, 9.17) is 4.98 Å². The molecule has 0 spiro atoms. The Morgan fingerprint density at radius 1 is 0.933 bits per heavy atom. The number of carbonyl (C=O) groups is 1. The van der Waals surface area contributed by atoms with Gasteiger partial charge in [0.1, 0.15) is 13.9 Å². The van der Waals surface area contributed by atoms with Crippen molar-refractivity contribution in [3.63, 3.8) is 0 Å². The lowest BCUT2D eigenvalue weighted by atomic mass is 10.2. The van der Waals surface area contributed by atoms with Crippen LogP contribution in [0.25, 0.3) is 11.0 Å². The van der Waals surface area contributed by atoms with Crippen molar-refractivity contribution in [3.8, 4) is 11.5 Å². The van der Waals surface area contributed by atoms with E-state index in [1.807, 2.05) is 12.1 Å². The summed E-state index contributed by atoms with van der Waals surface area (Å²) in [5.74, 6) is 4.60. The van der Waals surface area contributed by atoms with Gasteiger partial charge in [-0.25, -0.2) is 19.7 Å². The highest BCUT2D eigenvalue weighted by Gasteiger charge is 2.41. The van der Waals surface area contributed by atoms with Gasteiger partial charge in [-0.15, -0.1) is 5.54 Å². The molecule has 1 fully saturated rings. The first-order valence-electron chi connectivity index (χ1n) is 15.6. The molecule has 0 saturated carbocycles. The lowest BCUT2D eigenvalue weighted by Crippen LogP contribution is -2.44. The third-order valence-corrected chi connectivity index (χ3v) is 15.1. The first-order chi connectivity index (χ1) is 21.5. The number of amides is 2. The number of anilines is 5. The topological polar surface area (TPSA) is 127 Å². The van der Waals surface area contributed by atoms with Crippen molar-refractivity contribution in [3.05, 3.63) is 54.5 Å². The molecule has 0 bridgehead atoms. The lowest BCUT2D eigenvalue weighted by Gasteiger charge is -2.38. The van der Waals surface area contributed by atoms with E-state index in [-0.39, 0.29) is 0 Å². The summed E-state index contributed by atoms with van der Waals surface area (Å²) in [6, 6.07) is 9.64. The van der Waals surface area contributed by atoms with Gasteiger partial charge in [0.15, 0.2) is 5.65 Å². The minimum Gasteiger partial charge on any atom is -0.369 e. The van der Waals surface area contributed by atoms with Crippen molar-refractivity contribution in [1.29, 1.82) is 0 Å². The number of benzene rings is 1. The second kappa shape index (κ2) is 13.7. The molecule has 1 aliphatic heterocycles. The predicted octanol–water partition coefficient (Wildman–Crippen LogP) is 6.46. The van der Waals surface area contributed by atoms with E-state index >= 15 is 0 Å². The highest BCUT2D eigenvalue weighted by atomic mass is 28.3. The second-order valence-electron chi connectivity index (χ2n) is 12.6. The zero-order chi connectivity index (χ0) is 32.1. The monoisotopic (exact) mass is 624 g/mol. The summed E-state index contributed by atoms with van der Waals surface area (Å²) in [5, 5.41) is 9.54. The zero-order valence-electron chi connectivity index (χ0n) is 27.3. The number of carbonyl (C=O) groups excluding carboxylic acids is 1. The highest BCUT2D eigenvalue weighted by Crippen LogP contribution is 2.41. The Morgan fingerprint density at radius 2 is 1.62 bits per heavy atom. The molecule has 3 aromatic heterocycles. The summed E-state index contributed by atoms with van der Waals surface area (Å²) in [5.41, 5.74) is 8.46. The van der Waals surface area contributed by atoms with E-state index in [1.165, 1.54) is 5.69 Å². The van der Waals surface area contributed by atoms with Crippen LogP contribution in [0.1, 0.15) is 47.1 Å². The first-order valence-corrected chi connectivity index (χ1v) is 17.9. The minimum absolute atomic E-state index is 0.336. The molecule has 1 aliphatic rings. The SMILES string of the molecule is CC(C)[Si](C#Cc1cc(NC(=O)Nc2ncc[nH]2)nc2nc(Nc3ccc(N4CCN(C)CC4)cc3)ncc12)(C(C)C)C(C)C. The van der Waals surface area contributed by atoms with Crippen LogP contribution in [0, 0.1) is 11.5 Å². The fourth-order valence-corrected chi connectivity index (χ4v) is 11.6. The number of hydrogen-bond donors (Lipinski definition) is 4. The number of pyridine rings is 1. The molecule has 0 unspecified atom stereocenters. The number of piperazine rings is 1. The Labute approximate surface area is 266 Å². The number of aromatic nitrogens is 5. The van der Waals surface area contributed by atoms with Crippen LogP contribution in [-0.4, -0.2) is 77.2 Å². The van der Waals surface area contributed by atoms with Crippen molar-refractivity contribution in [2.45, 2.75) is 58.2 Å².